The summed E-state index contributed by atoms with van der Waals surface area (Å²) in [6.07, 6.45) is 2.87. The average molecular weight is 516 g/mol. The maximum atomic E-state index is 12.8. The zero-order valence-corrected chi connectivity index (χ0v) is 18.9. The Labute approximate surface area is 196 Å². The van der Waals surface area contributed by atoms with Gasteiger partial charge >= 0.3 is 6.03 Å². The minimum Gasteiger partial charge on any atom is -0.488 e. The molecule has 0 aliphatic carbocycles. The van der Waals surface area contributed by atoms with Crippen molar-refractivity contribution in [1.29, 1.82) is 0 Å². The molecule has 4 rings (SSSR count). The summed E-state index contributed by atoms with van der Waals surface area (Å²) in [6, 6.07) is 15.0. The van der Waals surface area contributed by atoms with Crippen molar-refractivity contribution in [3.8, 4) is 5.75 Å². The van der Waals surface area contributed by atoms with Crippen LogP contribution in [-0.4, -0.2) is 22.7 Å². The van der Waals surface area contributed by atoms with Crippen LogP contribution >= 0.6 is 27.5 Å². The molecule has 7 nitrogen and oxygen atoms in total. The lowest BCUT2D eigenvalue weighted by Crippen LogP contribution is -2.53. The zero-order chi connectivity index (χ0) is 22.7. The third-order valence-electron chi connectivity index (χ3n) is 4.65. The maximum Gasteiger partial charge on any atom is 0.331 e. The average Bonchev–Trinajstić information content (AvgIpc) is 3.28. The number of nitrogens with one attached hydrogen (secondary N) is 1. The van der Waals surface area contributed by atoms with E-state index in [1.807, 2.05) is 12.1 Å². The van der Waals surface area contributed by atoms with Crippen LogP contribution in [0.3, 0.4) is 0 Å². The highest BCUT2D eigenvalue weighted by Gasteiger charge is 2.36. The van der Waals surface area contributed by atoms with Crippen LogP contribution in [0.1, 0.15) is 16.9 Å². The second kappa shape index (κ2) is 9.42. The largest absolute Gasteiger partial charge is 0.488 e. The zero-order valence-electron chi connectivity index (χ0n) is 16.5. The number of carbonyl (C=O) groups excluding carboxylic acids is 3. The molecular formula is C23H16BrClN2O5. The van der Waals surface area contributed by atoms with E-state index in [1.165, 1.54) is 12.3 Å². The molecule has 1 aromatic heterocycles. The molecule has 32 heavy (non-hydrogen) atoms. The van der Waals surface area contributed by atoms with Crippen molar-refractivity contribution in [2.75, 3.05) is 0 Å². The van der Waals surface area contributed by atoms with Gasteiger partial charge in [0.1, 0.15) is 23.7 Å². The van der Waals surface area contributed by atoms with E-state index in [2.05, 4.69) is 21.2 Å². The second-order valence-corrected chi connectivity index (χ2v) is 8.18. The Balaban J connectivity index is 1.50. The molecule has 0 radical (unpaired) electrons. The molecule has 1 aliphatic heterocycles. The van der Waals surface area contributed by atoms with E-state index in [-0.39, 0.29) is 12.1 Å². The summed E-state index contributed by atoms with van der Waals surface area (Å²) < 4.78 is 11.7. The molecule has 0 atom stereocenters. The van der Waals surface area contributed by atoms with Gasteiger partial charge in [-0.25, -0.2) is 4.79 Å². The quantitative estimate of drug-likeness (QED) is 0.371. The number of hydrogen-bond donors (Lipinski definition) is 1. The van der Waals surface area contributed by atoms with Crippen LogP contribution in [0.4, 0.5) is 4.79 Å². The molecule has 9 heteroatoms. The number of imide groups is 2. The van der Waals surface area contributed by atoms with Gasteiger partial charge in [0.2, 0.25) is 0 Å². The predicted octanol–water partition coefficient (Wildman–Crippen LogP) is 4.94. The number of carbonyl (C=O) groups is 3. The number of barbiturate groups is 1. The lowest BCUT2D eigenvalue weighted by atomic mass is 10.1. The lowest BCUT2D eigenvalue weighted by Gasteiger charge is -2.25. The van der Waals surface area contributed by atoms with Crippen molar-refractivity contribution in [2.45, 2.75) is 13.2 Å². The standard InChI is InChI=1S/C23H16BrClN2O5/c24-19-11-15(5-8-20(19)32-13-14-3-6-16(25)7-4-14)10-18-21(28)26-23(30)27(22(18)29)12-17-2-1-9-31-17/h1-11H,12-13H2,(H,26,28,30)/b18-10+. The van der Waals surface area contributed by atoms with Gasteiger partial charge in [-0.1, -0.05) is 29.8 Å². The minimum atomic E-state index is -0.791. The van der Waals surface area contributed by atoms with Crippen LogP contribution < -0.4 is 10.1 Å². The Hall–Kier alpha value is -3.36. The van der Waals surface area contributed by atoms with E-state index in [0.29, 0.717) is 33.2 Å². The lowest BCUT2D eigenvalue weighted by molar-refractivity contribution is -0.130. The Morgan fingerprint density at radius 3 is 2.56 bits per heavy atom. The van der Waals surface area contributed by atoms with Crippen molar-refractivity contribution in [2.24, 2.45) is 0 Å². The Bertz CT molecular complexity index is 1210. The van der Waals surface area contributed by atoms with Gasteiger partial charge in [0.05, 0.1) is 17.3 Å². The van der Waals surface area contributed by atoms with Crippen LogP contribution in [0.5, 0.6) is 5.75 Å². The molecule has 1 saturated heterocycles. The minimum absolute atomic E-state index is 0.0799. The van der Waals surface area contributed by atoms with Crippen LogP contribution in [0.15, 0.2) is 75.3 Å². The summed E-state index contributed by atoms with van der Waals surface area (Å²) >= 11 is 9.34. The number of furan rings is 1. The Morgan fingerprint density at radius 1 is 1.09 bits per heavy atom. The highest BCUT2D eigenvalue weighted by Crippen LogP contribution is 2.28. The van der Waals surface area contributed by atoms with Crippen molar-refractivity contribution in [1.82, 2.24) is 10.2 Å². The summed E-state index contributed by atoms with van der Waals surface area (Å²) in [7, 11) is 0. The highest BCUT2D eigenvalue weighted by atomic mass is 79.9. The van der Waals surface area contributed by atoms with Crippen molar-refractivity contribution in [3.05, 3.63) is 92.8 Å². The predicted molar refractivity (Wildman–Crippen MR) is 121 cm³/mol. The molecule has 1 N–H and O–H groups in total. The summed E-state index contributed by atoms with van der Waals surface area (Å²) in [6.45, 7) is 0.268. The molecule has 2 heterocycles. The summed E-state index contributed by atoms with van der Waals surface area (Å²) in [5, 5.41) is 2.83. The molecule has 0 unspecified atom stereocenters. The maximum absolute atomic E-state index is 12.8. The van der Waals surface area contributed by atoms with E-state index in [4.69, 9.17) is 20.8 Å². The SMILES string of the molecule is O=C1NC(=O)N(Cc2ccco2)C(=O)/C1=C/c1ccc(OCc2ccc(Cl)cc2)c(Br)c1. The second-order valence-electron chi connectivity index (χ2n) is 6.89. The van der Waals surface area contributed by atoms with Gasteiger partial charge in [0, 0.05) is 5.02 Å². The third kappa shape index (κ3) is 4.92. The summed E-state index contributed by atoms with van der Waals surface area (Å²) in [5.74, 6) is -0.438. The van der Waals surface area contributed by atoms with E-state index < -0.39 is 17.8 Å². The molecule has 162 valence electrons. The van der Waals surface area contributed by atoms with Gasteiger partial charge in [-0.2, -0.15) is 0 Å². The monoisotopic (exact) mass is 514 g/mol. The summed E-state index contributed by atoms with van der Waals surface area (Å²) in [5.41, 5.74) is 1.39. The van der Waals surface area contributed by atoms with E-state index in [1.54, 1.807) is 42.5 Å². The van der Waals surface area contributed by atoms with Gasteiger partial charge in [-0.15, -0.1) is 0 Å². The Kier molecular flexibility index (Phi) is 6.43. The van der Waals surface area contributed by atoms with Gasteiger partial charge in [0.25, 0.3) is 11.8 Å². The topological polar surface area (TPSA) is 88.9 Å². The van der Waals surface area contributed by atoms with E-state index in [0.717, 1.165) is 10.5 Å². The fourth-order valence-electron chi connectivity index (χ4n) is 3.03. The molecule has 0 bridgehead atoms. The number of hydrogen-bond acceptors (Lipinski definition) is 5. The first-order valence-electron chi connectivity index (χ1n) is 9.49. The number of halogens is 2. The smallest absolute Gasteiger partial charge is 0.331 e. The normalized spacial score (nSPS) is 15.2. The highest BCUT2D eigenvalue weighted by molar-refractivity contribution is 9.10. The third-order valence-corrected chi connectivity index (χ3v) is 5.53. The van der Waals surface area contributed by atoms with Crippen LogP contribution in [0, 0.1) is 0 Å². The number of nitrogens with zero attached hydrogens (tertiary/aromatic N) is 1. The van der Waals surface area contributed by atoms with Crippen molar-refractivity contribution in [3.63, 3.8) is 0 Å². The number of amides is 4. The molecule has 0 saturated carbocycles. The van der Waals surface area contributed by atoms with Crippen LogP contribution in [-0.2, 0) is 22.7 Å². The number of ether oxygens (including phenoxy) is 1. The molecule has 1 aliphatic rings. The molecule has 1 fully saturated rings. The molecule has 4 amide bonds. The van der Waals surface area contributed by atoms with Gasteiger partial charge in [0.15, 0.2) is 0 Å². The number of rotatable bonds is 6. The Morgan fingerprint density at radius 2 is 1.88 bits per heavy atom. The first kappa shape index (κ1) is 21.9. The number of benzene rings is 2. The first-order valence-corrected chi connectivity index (χ1v) is 10.7. The van der Waals surface area contributed by atoms with Gasteiger partial charge in [-0.3, -0.25) is 19.8 Å². The van der Waals surface area contributed by atoms with Crippen LogP contribution in [0.25, 0.3) is 6.08 Å². The van der Waals surface area contributed by atoms with E-state index in [9.17, 15) is 14.4 Å². The molecular weight excluding hydrogens is 500 g/mol. The van der Waals surface area contributed by atoms with Gasteiger partial charge in [-0.05, 0) is 69.5 Å². The first-order chi connectivity index (χ1) is 15.4. The fraction of sp³-hybridized carbons (Fsp3) is 0.0870. The molecule has 3 aromatic rings. The summed E-state index contributed by atoms with van der Waals surface area (Å²) in [4.78, 5) is 38.1. The van der Waals surface area contributed by atoms with Gasteiger partial charge < -0.3 is 9.15 Å². The van der Waals surface area contributed by atoms with Crippen molar-refractivity contribution >= 4 is 51.5 Å². The number of urea groups is 1. The fourth-order valence-corrected chi connectivity index (χ4v) is 3.67. The van der Waals surface area contributed by atoms with Crippen molar-refractivity contribution < 1.29 is 23.5 Å². The van der Waals surface area contributed by atoms with Crippen LogP contribution in [0.2, 0.25) is 5.02 Å². The molecule has 0 spiro atoms. The van der Waals surface area contributed by atoms with E-state index >= 15 is 0 Å². The molecule has 2 aromatic carbocycles.